The number of fused-ring (bicyclic) bond motifs is 1. The predicted octanol–water partition coefficient (Wildman–Crippen LogP) is 2.31. The molecule has 4 aromatic rings. The number of hydrogen-bond donors (Lipinski definition) is 3. The minimum Gasteiger partial charge on any atom is -0.508 e. The van der Waals surface area contributed by atoms with E-state index in [1.807, 2.05) is 0 Å². The van der Waals surface area contributed by atoms with Gasteiger partial charge in [-0.05, 0) is 58.8 Å². The van der Waals surface area contributed by atoms with Crippen LogP contribution in [0.4, 0.5) is 15.9 Å². The minimum absolute atomic E-state index is 0.0991. The van der Waals surface area contributed by atoms with Gasteiger partial charge in [-0.25, -0.2) is 19.0 Å². The van der Waals surface area contributed by atoms with Gasteiger partial charge in [-0.2, -0.15) is 5.10 Å². The van der Waals surface area contributed by atoms with Gasteiger partial charge in [0, 0.05) is 11.3 Å². The maximum Gasteiger partial charge on any atom is 0.245 e. The van der Waals surface area contributed by atoms with Gasteiger partial charge in [-0.15, -0.1) is 0 Å². The second kappa shape index (κ2) is 6.67. The standard InChI is InChI=1S/C17H12FN7O2/c18-10-3-5-11(6-4-10)20-15-14(21-16-17(22-15)25-27-24-16)13(23-19)9-1-7-12(26)8-2-9/h1-8,26H,19H2,(H,20,22,25). The Hall–Kier alpha value is -4.08. The molecular formula is C17H12FN7O2. The Morgan fingerprint density at radius 2 is 1.67 bits per heavy atom. The molecule has 0 amide bonds. The molecule has 0 saturated carbocycles. The lowest BCUT2D eigenvalue weighted by atomic mass is 10.1. The summed E-state index contributed by atoms with van der Waals surface area (Å²) in [7, 11) is 0. The van der Waals surface area contributed by atoms with Crippen LogP contribution in [0.3, 0.4) is 0 Å². The van der Waals surface area contributed by atoms with Gasteiger partial charge in [0.15, 0.2) is 5.82 Å². The summed E-state index contributed by atoms with van der Waals surface area (Å²) in [6.07, 6.45) is 0. The first-order chi connectivity index (χ1) is 13.1. The fourth-order valence-corrected chi connectivity index (χ4v) is 2.45. The lowest BCUT2D eigenvalue weighted by molar-refractivity contribution is 0.314. The van der Waals surface area contributed by atoms with Crippen molar-refractivity contribution in [1.29, 1.82) is 0 Å². The first-order valence-corrected chi connectivity index (χ1v) is 7.74. The molecular weight excluding hydrogens is 353 g/mol. The number of phenols is 1. The van der Waals surface area contributed by atoms with E-state index in [4.69, 9.17) is 5.84 Å². The third-order valence-electron chi connectivity index (χ3n) is 3.72. The molecule has 0 unspecified atom stereocenters. The molecule has 134 valence electrons. The average molecular weight is 365 g/mol. The summed E-state index contributed by atoms with van der Waals surface area (Å²) < 4.78 is 17.8. The molecule has 4 N–H and O–H groups in total. The molecule has 2 aromatic heterocycles. The molecule has 0 aliphatic heterocycles. The van der Waals surface area contributed by atoms with Crippen LogP contribution in [0.15, 0.2) is 58.3 Å². The van der Waals surface area contributed by atoms with Crippen molar-refractivity contribution in [1.82, 2.24) is 20.3 Å². The molecule has 0 radical (unpaired) electrons. The van der Waals surface area contributed by atoms with Crippen LogP contribution in [0, 0.1) is 5.82 Å². The van der Waals surface area contributed by atoms with Crippen molar-refractivity contribution in [2.24, 2.45) is 10.9 Å². The number of rotatable bonds is 4. The fraction of sp³-hybridized carbons (Fsp3) is 0. The molecule has 0 saturated heterocycles. The molecule has 9 nitrogen and oxygen atoms in total. The van der Waals surface area contributed by atoms with Crippen LogP contribution in [0.1, 0.15) is 11.3 Å². The van der Waals surface area contributed by atoms with Crippen molar-refractivity contribution in [3.8, 4) is 5.75 Å². The van der Waals surface area contributed by atoms with E-state index in [9.17, 15) is 9.50 Å². The molecule has 0 aliphatic rings. The smallest absolute Gasteiger partial charge is 0.245 e. The Kier molecular flexibility index (Phi) is 4.05. The third-order valence-corrected chi connectivity index (χ3v) is 3.72. The van der Waals surface area contributed by atoms with Crippen LogP contribution in [-0.4, -0.2) is 31.1 Å². The number of nitrogens with one attached hydrogen (secondary N) is 1. The zero-order valence-corrected chi connectivity index (χ0v) is 13.7. The van der Waals surface area contributed by atoms with E-state index in [1.165, 1.54) is 24.3 Å². The minimum atomic E-state index is -0.365. The predicted molar refractivity (Wildman–Crippen MR) is 95.0 cm³/mol. The summed E-state index contributed by atoms with van der Waals surface area (Å²) in [5, 5.41) is 23.7. The van der Waals surface area contributed by atoms with Gasteiger partial charge >= 0.3 is 0 Å². The Labute approximate surface area is 151 Å². The molecule has 27 heavy (non-hydrogen) atoms. The number of nitrogens with zero attached hydrogens (tertiary/aromatic N) is 5. The van der Waals surface area contributed by atoms with E-state index >= 15 is 0 Å². The van der Waals surface area contributed by atoms with Crippen LogP contribution in [0.2, 0.25) is 0 Å². The van der Waals surface area contributed by atoms with Gasteiger partial charge in [0.05, 0.1) is 0 Å². The largest absolute Gasteiger partial charge is 0.508 e. The van der Waals surface area contributed by atoms with Gasteiger partial charge in [0.1, 0.15) is 23.0 Å². The first-order valence-electron chi connectivity index (χ1n) is 7.74. The fourth-order valence-electron chi connectivity index (χ4n) is 2.45. The SMILES string of the molecule is NN=C(c1ccc(O)cc1)c1nc2nonc2nc1Nc1ccc(F)cc1. The number of aromatic hydroxyl groups is 1. The normalized spacial score (nSPS) is 11.7. The summed E-state index contributed by atoms with van der Waals surface area (Å²) in [6.45, 7) is 0. The molecule has 0 aliphatic carbocycles. The van der Waals surface area contributed by atoms with E-state index in [2.05, 4.69) is 35.3 Å². The summed E-state index contributed by atoms with van der Waals surface area (Å²) in [5.41, 5.74) is 2.13. The molecule has 0 spiro atoms. The Balaban J connectivity index is 1.84. The highest BCUT2D eigenvalue weighted by atomic mass is 19.1. The van der Waals surface area contributed by atoms with Crippen LogP contribution < -0.4 is 11.2 Å². The second-order valence-corrected chi connectivity index (χ2v) is 5.49. The highest BCUT2D eigenvalue weighted by Gasteiger charge is 2.19. The highest BCUT2D eigenvalue weighted by molar-refractivity contribution is 6.14. The number of benzene rings is 2. The van der Waals surface area contributed by atoms with Gasteiger partial charge < -0.3 is 16.3 Å². The van der Waals surface area contributed by atoms with Gasteiger partial charge in [-0.3, -0.25) is 0 Å². The molecule has 2 heterocycles. The second-order valence-electron chi connectivity index (χ2n) is 5.49. The summed E-state index contributed by atoms with van der Waals surface area (Å²) in [5.74, 6) is 5.61. The zero-order chi connectivity index (χ0) is 18.8. The van der Waals surface area contributed by atoms with E-state index in [1.54, 1.807) is 24.3 Å². The number of halogens is 1. The van der Waals surface area contributed by atoms with Crippen LogP contribution in [0.5, 0.6) is 5.75 Å². The summed E-state index contributed by atoms with van der Waals surface area (Å²) in [4.78, 5) is 8.72. The summed E-state index contributed by atoms with van der Waals surface area (Å²) in [6, 6.07) is 12.0. The lowest BCUT2D eigenvalue weighted by Crippen LogP contribution is -2.13. The molecule has 0 fully saturated rings. The number of phenolic OH excluding ortho intramolecular Hbond substituents is 1. The molecule has 0 bridgehead atoms. The number of aromatic nitrogens is 4. The monoisotopic (exact) mass is 365 g/mol. The lowest BCUT2D eigenvalue weighted by Gasteiger charge is -2.11. The third kappa shape index (κ3) is 3.23. The van der Waals surface area contributed by atoms with Crippen molar-refractivity contribution < 1.29 is 14.1 Å². The van der Waals surface area contributed by atoms with Crippen molar-refractivity contribution in [3.63, 3.8) is 0 Å². The maximum absolute atomic E-state index is 13.2. The van der Waals surface area contributed by atoms with Crippen molar-refractivity contribution in [2.75, 3.05) is 5.32 Å². The average Bonchev–Trinajstić information content (AvgIpc) is 3.13. The quantitative estimate of drug-likeness (QED) is 0.285. The number of hydrazone groups is 1. The zero-order valence-electron chi connectivity index (χ0n) is 13.7. The Morgan fingerprint density at radius 1 is 1.00 bits per heavy atom. The topological polar surface area (TPSA) is 135 Å². The van der Waals surface area contributed by atoms with Gasteiger partial charge in [0.25, 0.3) is 0 Å². The highest BCUT2D eigenvalue weighted by Crippen LogP contribution is 2.23. The molecule has 4 rings (SSSR count). The molecule has 2 aromatic carbocycles. The van der Waals surface area contributed by atoms with E-state index in [0.29, 0.717) is 17.0 Å². The van der Waals surface area contributed by atoms with E-state index in [-0.39, 0.29) is 34.4 Å². The van der Waals surface area contributed by atoms with Crippen molar-refractivity contribution in [2.45, 2.75) is 0 Å². The van der Waals surface area contributed by atoms with E-state index in [0.717, 1.165) is 0 Å². The number of anilines is 2. The molecule has 10 heteroatoms. The van der Waals surface area contributed by atoms with Crippen LogP contribution >= 0.6 is 0 Å². The van der Waals surface area contributed by atoms with Crippen molar-refractivity contribution in [3.05, 3.63) is 65.6 Å². The van der Waals surface area contributed by atoms with Gasteiger partial charge in [0.2, 0.25) is 11.3 Å². The molecule has 0 atom stereocenters. The number of nitrogens with two attached hydrogens (primary N) is 1. The summed E-state index contributed by atoms with van der Waals surface area (Å²) >= 11 is 0. The van der Waals surface area contributed by atoms with Crippen molar-refractivity contribution >= 4 is 28.5 Å². The van der Waals surface area contributed by atoms with Crippen LogP contribution in [-0.2, 0) is 0 Å². The Morgan fingerprint density at radius 3 is 2.33 bits per heavy atom. The first kappa shape index (κ1) is 16.4. The van der Waals surface area contributed by atoms with Crippen LogP contribution in [0.25, 0.3) is 11.3 Å². The van der Waals surface area contributed by atoms with E-state index < -0.39 is 0 Å². The maximum atomic E-state index is 13.2. The Bertz CT molecular complexity index is 1120. The number of hydrogen-bond acceptors (Lipinski definition) is 9. The van der Waals surface area contributed by atoms with Gasteiger partial charge in [-0.1, -0.05) is 0 Å².